The second-order valence-electron chi connectivity index (χ2n) is 2.72. The largest absolute Gasteiger partial charge is 0.396 e. The monoisotopic (exact) mass is 167 g/mol. The van der Waals surface area contributed by atoms with Gasteiger partial charge in [0.05, 0.1) is 0 Å². The number of hydrogen-bond acceptors (Lipinski definition) is 1. The summed E-state index contributed by atoms with van der Waals surface area (Å²) in [5, 5.41) is 8.40. The molecule has 1 N–H and O–H groups in total. The minimum Gasteiger partial charge on any atom is -0.396 e. The molecule has 0 aliphatic rings. The van der Waals surface area contributed by atoms with Crippen LogP contribution in [0, 0.1) is 12.8 Å². The fourth-order valence-corrected chi connectivity index (χ4v) is 0. The van der Waals surface area contributed by atoms with Gasteiger partial charge in [0.25, 0.3) is 0 Å². The van der Waals surface area contributed by atoms with Crippen LogP contribution in [0.1, 0.15) is 20.8 Å². The van der Waals surface area contributed by atoms with Gasteiger partial charge in [-0.25, -0.2) is 0 Å². The molecule has 8 heavy (non-hydrogen) atoms. The summed E-state index contributed by atoms with van der Waals surface area (Å²) in [4.78, 5) is 0. The van der Waals surface area contributed by atoms with Crippen molar-refractivity contribution < 1.29 is 24.6 Å². The Morgan fingerprint density at radius 1 is 1.25 bits per heavy atom. The van der Waals surface area contributed by atoms with Gasteiger partial charge in [-0.15, -0.1) is 0 Å². The van der Waals surface area contributed by atoms with E-state index in [0.29, 0.717) is 0 Å². The molecule has 0 heterocycles. The van der Waals surface area contributed by atoms with Crippen molar-refractivity contribution in [3.63, 3.8) is 0 Å². The molecule has 0 bridgehead atoms. The van der Waals surface area contributed by atoms with E-state index in [-0.39, 0.29) is 38.9 Å². The molecule has 0 spiro atoms. The normalized spacial score (nSPS) is 9.00. The predicted octanol–water partition coefficient (Wildman–Crippen LogP) is 1.47. The molecular weight excluding hydrogens is 153 g/mol. The molecule has 0 aromatic heterocycles. The van der Waals surface area contributed by atoms with Crippen LogP contribution in [0.2, 0.25) is 0 Å². The molecule has 0 aliphatic carbocycles. The van der Waals surface area contributed by atoms with E-state index >= 15 is 0 Å². The molecule has 0 radical (unpaired) electrons. The summed E-state index contributed by atoms with van der Waals surface area (Å²) >= 11 is 0. The van der Waals surface area contributed by atoms with E-state index in [2.05, 4.69) is 0 Å². The first-order valence-electron chi connectivity index (χ1n) is 2.17. The Hall–Kier alpha value is 0.583. The Balaban J connectivity index is -0.000000125. The fourth-order valence-electron chi connectivity index (χ4n) is 0. The maximum atomic E-state index is 8.40. The van der Waals surface area contributed by atoms with E-state index in [1.165, 1.54) is 0 Å². The quantitative estimate of drug-likeness (QED) is 0.429. The summed E-state index contributed by atoms with van der Waals surface area (Å²) in [6, 6.07) is 0. The van der Waals surface area contributed by atoms with Crippen molar-refractivity contribution in [3.8, 4) is 0 Å². The first kappa shape index (κ1) is 15.8. The summed E-state index contributed by atoms with van der Waals surface area (Å²) in [5.74, 6) is 0. The van der Waals surface area contributed by atoms with E-state index in [9.17, 15) is 0 Å². The SMILES string of the molecule is CC(C)(C)CO.[CH3-].[Zn]. The van der Waals surface area contributed by atoms with Crippen LogP contribution in [0.5, 0.6) is 0 Å². The van der Waals surface area contributed by atoms with Gasteiger partial charge < -0.3 is 12.5 Å². The van der Waals surface area contributed by atoms with Crippen molar-refractivity contribution in [2.24, 2.45) is 5.41 Å². The molecule has 1 nitrogen and oxygen atoms in total. The standard InChI is InChI=1S/C5H12O.CH3.Zn/c1-5(2,3)4-6;;/h6H,4H2,1-3H3;1H3;/q;-1;. The molecule has 48 valence electrons. The molecule has 0 aromatic rings. The van der Waals surface area contributed by atoms with Crippen LogP contribution < -0.4 is 0 Å². The number of hydrogen-bond donors (Lipinski definition) is 1. The third-order valence-corrected chi connectivity index (χ3v) is 0.474. The molecular formula is C6H15OZn-. The topological polar surface area (TPSA) is 20.2 Å². The van der Waals surface area contributed by atoms with Gasteiger partial charge >= 0.3 is 0 Å². The summed E-state index contributed by atoms with van der Waals surface area (Å²) in [5.41, 5.74) is 0.0972. The third kappa shape index (κ3) is 16.0. The fraction of sp³-hybridized carbons (Fsp3) is 0.833. The van der Waals surface area contributed by atoms with Crippen LogP contribution >= 0.6 is 0 Å². The average molecular weight is 169 g/mol. The second-order valence-corrected chi connectivity index (χ2v) is 2.72. The first-order chi connectivity index (χ1) is 2.56. The van der Waals surface area contributed by atoms with Crippen LogP contribution in [0.25, 0.3) is 0 Å². The summed E-state index contributed by atoms with van der Waals surface area (Å²) in [6.07, 6.45) is 0. The molecule has 2 heteroatoms. The van der Waals surface area contributed by atoms with Gasteiger partial charge in [0.15, 0.2) is 0 Å². The Kier molecular flexibility index (Phi) is 11.3. The van der Waals surface area contributed by atoms with Crippen molar-refractivity contribution in [2.45, 2.75) is 20.8 Å². The molecule has 0 unspecified atom stereocenters. The molecule has 0 aliphatic heterocycles. The number of aliphatic hydroxyl groups is 1. The van der Waals surface area contributed by atoms with Gasteiger partial charge in [-0.05, 0) is 5.41 Å². The summed E-state index contributed by atoms with van der Waals surface area (Å²) in [7, 11) is 0. The van der Waals surface area contributed by atoms with Crippen molar-refractivity contribution in [2.75, 3.05) is 6.61 Å². The van der Waals surface area contributed by atoms with Crippen LogP contribution in [-0.2, 0) is 19.5 Å². The Labute approximate surface area is 65.2 Å². The van der Waals surface area contributed by atoms with Crippen LogP contribution in [0.15, 0.2) is 0 Å². The van der Waals surface area contributed by atoms with Gasteiger partial charge in [0, 0.05) is 26.1 Å². The van der Waals surface area contributed by atoms with Gasteiger partial charge in [0.1, 0.15) is 0 Å². The van der Waals surface area contributed by atoms with Crippen LogP contribution in [0.3, 0.4) is 0 Å². The number of aliphatic hydroxyl groups excluding tert-OH is 1. The minimum atomic E-state index is 0. The molecule has 0 saturated carbocycles. The van der Waals surface area contributed by atoms with E-state index in [0.717, 1.165) is 0 Å². The first-order valence-corrected chi connectivity index (χ1v) is 2.17. The average Bonchev–Trinajstić information content (AvgIpc) is 1.35. The minimum absolute atomic E-state index is 0. The Morgan fingerprint density at radius 3 is 1.38 bits per heavy atom. The Bertz CT molecular complexity index is 38.3. The van der Waals surface area contributed by atoms with Crippen molar-refractivity contribution in [1.29, 1.82) is 0 Å². The van der Waals surface area contributed by atoms with Crippen molar-refractivity contribution in [3.05, 3.63) is 7.43 Å². The molecule has 0 saturated heterocycles. The third-order valence-electron chi connectivity index (χ3n) is 0.474. The second kappa shape index (κ2) is 5.72. The molecule has 0 fully saturated rings. The van der Waals surface area contributed by atoms with Crippen molar-refractivity contribution >= 4 is 0 Å². The van der Waals surface area contributed by atoms with Gasteiger partial charge in [0.2, 0.25) is 0 Å². The van der Waals surface area contributed by atoms with Crippen molar-refractivity contribution in [1.82, 2.24) is 0 Å². The van der Waals surface area contributed by atoms with Gasteiger partial charge in [-0.1, -0.05) is 20.8 Å². The zero-order valence-electron chi connectivity index (χ0n) is 6.36. The van der Waals surface area contributed by atoms with Crippen LogP contribution in [0.4, 0.5) is 0 Å². The van der Waals surface area contributed by atoms with E-state index in [1.807, 2.05) is 20.8 Å². The summed E-state index contributed by atoms with van der Waals surface area (Å²) in [6.45, 7) is 6.25. The smallest absolute Gasteiger partial charge is 0.0479 e. The number of rotatable bonds is 0. The predicted molar refractivity (Wildman–Crippen MR) is 33.0 cm³/mol. The van der Waals surface area contributed by atoms with E-state index in [1.54, 1.807) is 0 Å². The zero-order chi connectivity index (χ0) is 5.21. The summed E-state index contributed by atoms with van der Waals surface area (Å²) < 4.78 is 0. The molecule has 0 aromatic carbocycles. The van der Waals surface area contributed by atoms with Gasteiger partial charge in [-0.2, -0.15) is 0 Å². The maximum Gasteiger partial charge on any atom is 0.0479 e. The van der Waals surface area contributed by atoms with E-state index < -0.39 is 0 Å². The Morgan fingerprint density at radius 2 is 1.38 bits per heavy atom. The maximum absolute atomic E-state index is 8.40. The van der Waals surface area contributed by atoms with Gasteiger partial charge in [-0.3, -0.25) is 0 Å². The molecule has 0 rings (SSSR count). The molecule has 0 amide bonds. The van der Waals surface area contributed by atoms with Crippen LogP contribution in [-0.4, -0.2) is 11.7 Å². The molecule has 0 atom stereocenters. The zero-order valence-corrected chi connectivity index (χ0v) is 9.33. The van der Waals surface area contributed by atoms with E-state index in [4.69, 9.17) is 5.11 Å².